The van der Waals surface area contributed by atoms with Gasteiger partial charge in [0.2, 0.25) is 0 Å². The Morgan fingerprint density at radius 1 is 1.04 bits per heavy atom. The fourth-order valence-electron chi connectivity index (χ4n) is 4.26. The van der Waals surface area contributed by atoms with Gasteiger partial charge in [-0.1, -0.05) is 18.2 Å². The van der Waals surface area contributed by atoms with Gasteiger partial charge in [0.15, 0.2) is 5.76 Å². The van der Waals surface area contributed by atoms with Gasteiger partial charge >= 0.3 is 0 Å². The Hall–Kier alpha value is -2.79. The van der Waals surface area contributed by atoms with E-state index in [0.29, 0.717) is 17.4 Å². The van der Waals surface area contributed by atoms with Gasteiger partial charge in [-0.3, -0.25) is 4.79 Å². The van der Waals surface area contributed by atoms with Crippen LogP contribution in [-0.4, -0.2) is 36.5 Å². The van der Waals surface area contributed by atoms with Crippen LogP contribution >= 0.6 is 0 Å². The number of nitrogens with one attached hydrogen (secondary N) is 1. The summed E-state index contributed by atoms with van der Waals surface area (Å²) in [6.45, 7) is 3.28. The van der Waals surface area contributed by atoms with Crippen LogP contribution in [-0.2, 0) is 0 Å². The molecule has 0 spiro atoms. The second-order valence-corrected chi connectivity index (χ2v) is 7.47. The molecule has 1 N–H and O–H groups in total. The van der Waals surface area contributed by atoms with Gasteiger partial charge in [0.05, 0.1) is 12.5 Å². The molecule has 5 nitrogen and oxygen atoms in total. The van der Waals surface area contributed by atoms with Crippen molar-refractivity contribution < 1.29 is 13.6 Å². The summed E-state index contributed by atoms with van der Waals surface area (Å²) in [7, 11) is 0. The number of hydrogen-bond donors (Lipinski definition) is 1. The molecule has 6 rings (SSSR count). The molecule has 1 amide bonds. The van der Waals surface area contributed by atoms with Gasteiger partial charge in [-0.2, -0.15) is 0 Å². The first-order valence-electron chi connectivity index (χ1n) is 9.52. The number of furan rings is 2. The molecule has 3 fully saturated rings. The number of carbonyl (C=O) groups excluding carboxylic acids is 1. The van der Waals surface area contributed by atoms with Crippen molar-refractivity contribution in [1.82, 2.24) is 10.2 Å². The highest BCUT2D eigenvalue weighted by Crippen LogP contribution is 2.29. The minimum Gasteiger partial charge on any atom is -0.472 e. The zero-order chi connectivity index (χ0) is 18.2. The normalized spacial score (nSPS) is 24.1. The van der Waals surface area contributed by atoms with Crippen LogP contribution in [0.15, 0.2) is 63.8 Å². The molecule has 2 aromatic heterocycles. The van der Waals surface area contributed by atoms with E-state index >= 15 is 0 Å². The lowest BCUT2D eigenvalue weighted by molar-refractivity contribution is 0.0606. The summed E-state index contributed by atoms with van der Waals surface area (Å²) in [4.78, 5) is 15.1. The lowest BCUT2D eigenvalue weighted by atomic mass is 9.84. The van der Waals surface area contributed by atoms with Crippen LogP contribution in [0.1, 0.15) is 23.4 Å². The van der Waals surface area contributed by atoms with Crippen molar-refractivity contribution in [2.24, 2.45) is 5.92 Å². The van der Waals surface area contributed by atoms with Crippen LogP contribution in [0, 0.1) is 5.92 Å². The van der Waals surface area contributed by atoms with Gasteiger partial charge in [-0.05, 0) is 61.7 Å². The van der Waals surface area contributed by atoms with Crippen molar-refractivity contribution in [3.05, 3.63) is 60.8 Å². The Bertz CT molecular complexity index is 936. The topological polar surface area (TPSA) is 58.6 Å². The lowest BCUT2D eigenvalue weighted by Gasteiger charge is -2.44. The average molecular weight is 362 g/mol. The molecule has 2 bridgehead atoms. The van der Waals surface area contributed by atoms with Crippen molar-refractivity contribution in [3.8, 4) is 22.5 Å². The van der Waals surface area contributed by atoms with E-state index in [0.717, 1.165) is 36.3 Å². The molecule has 1 atom stereocenters. The summed E-state index contributed by atoms with van der Waals surface area (Å²) in [6, 6.07) is 13.8. The van der Waals surface area contributed by atoms with Crippen LogP contribution < -0.4 is 5.32 Å². The van der Waals surface area contributed by atoms with Crippen molar-refractivity contribution >= 4 is 5.91 Å². The fourth-order valence-corrected chi connectivity index (χ4v) is 4.26. The number of hydrogen-bond acceptors (Lipinski definition) is 4. The monoisotopic (exact) mass is 362 g/mol. The van der Waals surface area contributed by atoms with Crippen LogP contribution in [0.2, 0.25) is 0 Å². The predicted octanol–water partition coefficient (Wildman–Crippen LogP) is 4.03. The maximum absolute atomic E-state index is 12.7. The molecule has 0 unspecified atom stereocenters. The zero-order valence-electron chi connectivity index (χ0n) is 15.1. The Balaban J connectivity index is 1.32. The van der Waals surface area contributed by atoms with Crippen LogP contribution in [0.5, 0.6) is 0 Å². The third-order valence-electron chi connectivity index (χ3n) is 5.80. The third kappa shape index (κ3) is 3.19. The first-order chi connectivity index (χ1) is 13.3. The summed E-state index contributed by atoms with van der Waals surface area (Å²) < 4.78 is 11.0. The zero-order valence-corrected chi connectivity index (χ0v) is 15.1. The molecular weight excluding hydrogens is 340 g/mol. The largest absolute Gasteiger partial charge is 0.472 e. The van der Waals surface area contributed by atoms with Crippen molar-refractivity contribution in [2.75, 3.05) is 19.6 Å². The number of nitrogens with zero attached hydrogens (tertiary/aromatic N) is 1. The van der Waals surface area contributed by atoms with Gasteiger partial charge in [0, 0.05) is 23.7 Å². The van der Waals surface area contributed by atoms with Crippen molar-refractivity contribution in [1.29, 1.82) is 0 Å². The van der Waals surface area contributed by atoms with Crippen LogP contribution in [0.25, 0.3) is 22.5 Å². The van der Waals surface area contributed by atoms with E-state index in [-0.39, 0.29) is 11.9 Å². The summed E-state index contributed by atoms with van der Waals surface area (Å²) >= 11 is 0. The maximum atomic E-state index is 12.7. The molecule has 3 saturated heterocycles. The highest BCUT2D eigenvalue weighted by atomic mass is 16.4. The fraction of sp³-hybridized carbons (Fsp3) is 0.318. The molecule has 5 heterocycles. The van der Waals surface area contributed by atoms with Gasteiger partial charge in [0.1, 0.15) is 5.76 Å². The second-order valence-electron chi connectivity index (χ2n) is 7.47. The second kappa shape index (κ2) is 6.74. The highest BCUT2D eigenvalue weighted by molar-refractivity contribution is 5.92. The molecule has 0 saturated carbocycles. The quantitative estimate of drug-likeness (QED) is 0.761. The standard InChI is InChI=1S/C22H22N2O3/c25-22(23-19-13-24-9-6-15(19)7-10-24)21-5-4-20(27-21)17-3-1-2-16(12-17)18-8-11-26-14-18/h1-5,8,11-12,14-15,19H,6-7,9-10,13H2,(H,23,25)/t19-/m0/s1. The minimum absolute atomic E-state index is 0.119. The summed E-state index contributed by atoms with van der Waals surface area (Å²) in [5.41, 5.74) is 3.01. The predicted molar refractivity (Wildman–Crippen MR) is 102 cm³/mol. The molecule has 3 aliphatic rings. The van der Waals surface area contributed by atoms with E-state index in [2.05, 4.69) is 10.2 Å². The molecule has 0 radical (unpaired) electrons. The summed E-state index contributed by atoms with van der Waals surface area (Å²) in [5.74, 6) is 1.54. The summed E-state index contributed by atoms with van der Waals surface area (Å²) in [5, 5.41) is 3.18. The number of piperidine rings is 3. The molecule has 5 heteroatoms. The van der Waals surface area contributed by atoms with E-state index < -0.39 is 0 Å². The van der Waals surface area contributed by atoms with E-state index in [1.165, 1.54) is 12.8 Å². The van der Waals surface area contributed by atoms with Gasteiger partial charge in [-0.15, -0.1) is 0 Å². The van der Waals surface area contributed by atoms with Gasteiger partial charge < -0.3 is 19.1 Å². The highest BCUT2D eigenvalue weighted by Gasteiger charge is 2.35. The number of carbonyl (C=O) groups is 1. The first kappa shape index (κ1) is 16.4. The molecule has 138 valence electrons. The van der Waals surface area contributed by atoms with E-state index in [1.807, 2.05) is 36.4 Å². The Kier molecular flexibility index (Phi) is 4.09. The molecule has 3 aliphatic heterocycles. The smallest absolute Gasteiger partial charge is 0.287 e. The van der Waals surface area contributed by atoms with E-state index in [4.69, 9.17) is 8.83 Å². The third-order valence-corrected chi connectivity index (χ3v) is 5.80. The van der Waals surface area contributed by atoms with Gasteiger partial charge in [-0.25, -0.2) is 0 Å². The van der Waals surface area contributed by atoms with E-state index in [1.54, 1.807) is 18.6 Å². The van der Waals surface area contributed by atoms with Gasteiger partial charge in [0.25, 0.3) is 5.91 Å². The molecule has 27 heavy (non-hydrogen) atoms. The molecule has 0 aliphatic carbocycles. The van der Waals surface area contributed by atoms with E-state index in [9.17, 15) is 4.79 Å². The van der Waals surface area contributed by atoms with Crippen molar-refractivity contribution in [3.63, 3.8) is 0 Å². The average Bonchev–Trinajstić information content (AvgIpc) is 3.41. The van der Waals surface area contributed by atoms with Crippen molar-refractivity contribution in [2.45, 2.75) is 18.9 Å². The number of amides is 1. The maximum Gasteiger partial charge on any atom is 0.287 e. The number of benzene rings is 1. The number of rotatable bonds is 4. The Labute approximate surface area is 158 Å². The first-order valence-corrected chi connectivity index (χ1v) is 9.52. The summed E-state index contributed by atoms with van der Waals surface area (Å²) in [6.07, 6.45) is 5.73. The Morgan fingerprint density at radius 3 is 2.63 bits per heavy atom. The lowest BCUT2D eigenvalue weighted by Crippen LogP contribution is -2.57. The Morgan fingerprint density at radius 2 is 1.89 bits per heavy atom. The minimum atomic E-state index is -0.119. The molecular formula is C22H22N2O3. The van der Waals surface area contributed by atoms with Crippen LogP contribution in [0.3, 0.4) is 0 Å². The molecule has 1 aromatic carbocycles. The van der Waals surface area contributed by atoms with Crippen LogP contribution in [0.4, 0.5) is 0 Å². The molecule has 3 aromatic rings. The SMILES string of the molecule is O=C(N[C@H]1CN2CCC1CC2)c1ccc(-c2cccc(-c3ccoc3)c2)o1. The number of fused-ring (bicyclic) bond motifs is 3.